The fraction of sp³-hybridized carbons (Fsp3) is 0.625. The quantitative estimate of drug-likeness (QED) is 0.858. The van der Waals surface area contributed by atoms with Crippen molar-refractivity contribution in [1.29, 1.82) is 0 Å². The van der Waals surface area contributed by atoms with Gasteiger partial charge in [0.1, 0.15) is 5.75 Å². The van der Waals surface area contributed by atoms with Gasteiger partial charge in [-0.1, -0.05) is 0 Å². The van der Waals surface area contributed by atoms with E-state index in [2.05, 4.69) is 45.8 Å². The second-order valence-corrected chi connectivity index (χ2v) is 5.47. The minimum absolute atomic E-state index is 0.424. The fourth-order valence-electron chi connectivity index (χ4n) is 2.76. The number of nitrogens with two attached hydrogens (primary N) is 1. The fourth-order valence-corrected chi connectivity index (χ4v) is 2.76. The van der Waals surface area contributed by atoms with Gasteiger partial charge in [-0.15, -0.1) is 0 Å². The highest BCUT2D eigenvalue weighted by Crippen LogP contribution is 2.35. The first kappa shape index (κ1) is 16.0. The molecule has 0 saturated carbocycles. The lowest BCUT2D eigenvalue weighted by molar-refractivity contribution is 0.278. The van der Waals surface area contributed by atoms with Gasteiger partial charge < -0.3 is 15.4 Å². The number of aryl methyl sites for hydroxylation is 1. The summed E-state index contributed by atoms with van der Waals surface area (Å²) in [6, 6.07) is 2.57. The zero-order valence-corrected chi connectivity index (χ0v) is 13.2. The standard InChI is InChI=1S/C16H28N2O/c1-11-10-15(19-6)12(2)13(3)16(11)14(18(4)5)8-7-9-17/h10,14H,7-9,17H2,1-6H3. The van der Waals surface area contributed by atoms with Crippen LogP contribution < -0.4 is 10.5 Å². The molecule has 3 heteroatoms. The minimum Gasteiger partial charge on any atom is -0.496 e. The third kappa shape index (κ3) is 3.48. The average Bonchev–Trinajstić information content (AvgIpc) is 2.37. The molecule has 3 nitrogen and oxygen atoms in total. The van der Waals surface area contributed by atoms with Crippen LogP contribution in [0.25, 0.3) is 0 Å². The van der Waals surface area contributed by atoms with E-state index in [1.807, 2.05) is 0 Å². The maximum atomic E-state index is 5.67. The smallest absolute Gasteiger partial charge is 0.122 e. The van der Waals surface area contributed by atoms with E-state index in [1.54, 1.807) is 7.11 Å². The van der Waals surface area contributed by atoms with Gasteiger partial charge in [0.15, 0.2) is 0 Å². The predicted octanol–water partition coefficient (Wildman–Crippen LogP) is 2.96. The molecule has 0 saturated heterocycles. The van der Waals surface area contributed by atoms with Crippen molar-refractivity contribution in [3.8, 4) is 5.75 Å². The molecule has 0 fully saturated rings. The van der Waals surface area contributed by atoms with Crippen molar-refractivity contribution < 1.29 is 4.74 Å². The summed E-state index contributed by atoms with van der Waals surface area (Å²) in [4.78, 5) is 2.29. The van der Waals surface area contributed by atoms with Crippen molar-refractivity contribution in [1.82, 2.24) is 4.90 Å². The first-order valence-corrected chi connectivity index (χ1v) is 6.95. The Balaban J connectivity index is 3.26. The lowest BCUT2D eigenvalue weighted by Crippen LogP contribution is -2.23. The van der Waals surface area contributed by atoms with Crippen molar-refractivity contribution in [3.05, 3.63) is 28.3 Å². The van der Waals surface area contributed by atoms with Crippen LogP contribution in [0.1, 0.15) is 41.1 Å². The maximum Gasteiger partial charge on any atom is 0.122 e. The molecule has 1 rings (SSSR count). The lowest BCUT2D eigenvalue weighted by atomic mass is 9.89. The Kier molecular flexibility index (Phi) is 5.83. The van der Waals surface area contributed by atoms with Gasteiger partial charge in [-0.25, -0.2) is 0 Å². The van der Waals surface area contributed by atoms with E-state index in [0.29, 0.717) is 6.04 Å². The largest absolute Gasteiger partial charge is 0.496 e. The number of benzene rings is 1. The number of ether oxygens (including phenoxy) is 1. The van der Waals surface area contributed by atoms with Crippen LogP contribution in [-0.4, -0.2) is 32.6 Å². The zero-order valence-electron chi connectivity index (χ0n) is 13.2. The summed E-state index contributed by atoms with van der Waals surface area (Å²) >= 11 is 0. The molecule has 0 aliphatic rings. The van der Waals surface area contributed by atoms with Crippen molar-refractivity contribution >= 4 is 0 Å². The molecule has 0 heterocycles. The monoisotopic (exact) mass is 264 g/mol. The number of methoxy groups -OCH3 is 1. The molecule has 0 aliphatic heterocycles. The van der Waals surface area contributed by atoms with E-state index in [-0.39, 0.29) is 0 Å². The molecule has 1 aromatic rings. The van der Waals surface area contributed by atoms with Crippen LogP contribution in [0.3, 0.4) is 0 Å². The Morgan fingerprint density at radius 1 is 1.21 bits per heavy atom. The first-order valence-electron chi connectivity index (χ1n) is 6.95. The Hall–Kier alpha value is -1.06. The Morgan fingerprint density at radius 2 is 1.84 bits per heavy atom. The molecule has 0 radical (unpaired) electrons. The van der Waals surface area contributed by atoms with Crippen LogP contribution in [0.4, 0.5) is 0 Å². The van der Waals surface area contributed by atoms with Gasteiger partial charge in [0.2, 0.25) is 0 Å². The summed E-state index contributed by atoms with van der Waals surface area (Å²) in [7, 11) is 6.01. The van der Waals surface area contributed by atoms with Crippen LogP contribution >= 0.6 is 0 Å². The highest BCUT2D eigenvalue weighted by atomic mass is 16.5. The van der Waals surface area contributed by atoms with E-state index in [9.17, 15) is 0 Å². The topological polar surface area (TPSA) is 38.5 Å². The second-order valence-electron chi connectivity index (χ2n) is 5.47. The average molecular weight is 264 g/mol. The van der Waals surface area contributed by atoms with E-state index < -0.39 is 0 Å². The third-order valence-corrected chi connectivity index (χ3v) is 3.97. The molecule has 108 valence electrons. The zero-order chi connectivity index (χ0) is 14.6. The Labute approximate surface area is 117 Å². The highest BCUT2D eigenvalue weighted by molar-refractivity contribution is 5.49. The molecule has 0 aliphatic carbocycles. The molecule has 0 amide bonds. The molecule has 1 unspecified atom stereocenters. The molecule has 1 atom stereocenters. The molecule has 1 aromatic carbocycles. The summed E-state index contributed by atoms with van der Waals surface area (Å²) in [6.45, 7) is 7.24. The van der Waals surface area contributed by atoms with Gasteiger partial charge in [-0.3, -0.25) is 0 Å². The summed E-state index contributed by atoms with van der Waals surface area (Å²) in [5, 5.41) is 0. The molecule has 0 spiro atoms. The first-order chi connectivity index (χ1) is 8.93. The SMILES string of the molecule is COc1cc(C)c(C(CCCN)N(C)C)c(C)c1C. The van der Waals surface area contributed by atoms with Crippen molar-refractivity contribution in [2.45, 2.75) is 39.7 Å². The number of nitrogens with zero attached hydrogens (tertiary/aromatic N) is 1. The van der Waals surface area contributed by atoms with Gasteiger partial charge in [0.05, 0.1) is 7.11 Å². The van der Waals surface area contributed by atoms with Crippen molar-refractivity contribution in [2.24, 2.45) is 5.73 Å². The van der Waals surface area contributed by atoms with Gasteiger partial charge in [-0.2, -0.15) is 0 Å². The summed E-state index contributed by atoms with van der Waals surface area (Å²) in [5.41, 5.74) is 11.0. The van der Waals surface area contributed by atoms with Gasteiger partial charge >= 0.3 is 0 Å². The normalized spacial score (nSPS) is 12.8. The van der Waals surface area contributed by atoms with Crippen LogP contribution in [0.5, 0.6) is 5.75 Å². The molecule has 19 heavy (non-hydrogen) atoms. The van der Waals surface area contributed by atoms with Gasteiger partial charge in [0.25, 0.3) is 0 Å². The summed E-state index contributed by atoms with van der Waals surface area (Å²) in [6.07, 6.45) is 2.14. The number of hydrogen-bond acceptors (Lipinski definition) is 3. The van der Waals surface area contributed by atoms with Gasteiger partial charge in [0, 0.05) is 6.04 Å². The molecule has 2 N–H and O–H groups in total. The highest BCUT2D eigenvalue weighted by Gasteiger charge is 2.20. The van der Waals surface area contributed by atoms with E-state index in [0.717, 1.165) is 25.1 Å². The molecular weight excluding hydrogens is 236 g/mol. The second kappa shape index (κ2) is 6.92. The van der Waals surface area contributed by atoms with Crippen LogP contribution in [0.2, 0.25) is 0 Å². The third-order valence-electron chi connectivity index (χ3n) is 3.97. The lowest BCUT2D eigenvalue weighted by Gasteiger charge is -2.29. The van der Waals surface area contributed by atoms with Crippen molar-refractivity contribution in [2.75, 3.05) is 27.7 Å². The summed E-state index contributed by atoms with van der Waals surface area (Å²) in [5.74, 6) is 0.982. The number of hydrogen-bond donors (Lipinski definition) is 1. The predicted molar refractivity (Wildman–Crippen MR) is 81.9 cm³/mol. The molecule has 0 bridgehead atoms. The molecule has 0 aromatic heterocycles. The van der Waals surface area contributed by atoms with E-state index >= 15 is 0 Å². The van der Waals surface area contributed by atoms with Crippen LogP contribution in [-0.2, 0) is 0 Å². The minimum atomic E-state index is 0.424. The van der Waals surface area contributed by atoms with E-state index in [1.165, 1.54) is 22.3 Å². The maximum absolute atomic E-state index is 5.67. The van der Waals surface area contributed by atoms with Crippen molar-refractivity contribution in [3.63, 3.8) is 0 Å². The van der Waals surface area contributed by atoms with Gasteiger partial charge in [-0.05, 0) is 82.6 Å². The summed E-state index contributed by atoms with van der Waals surface area (Å²) < 4.78 is 5.45. The Bertz CT molecular complexity index is 427. The molecular formula is C16H28N2O. The number of rotatable bonds is 6. The van der Waals surface area contributed by atoms with Crippen LogP contribution in [0.15, 0.2) is 6.07 Å². The van der Waals surface area contributed by atoms with E-state index in [4.69, 9.17) is 10.5 Å². The Morgan fingerprint density at radius 3 is 2.32 bits per heavy atom. The van der Waals surface area contributed by atoms with Crippen LogP contribution in [0, 0.1) is 20.8 Å².